The van der Waals surface area contributed by atoms with Crippen molar-refractivity contribution in [3.8, 4) is 5.75 Å². The van der Waals surface area contributed by atoms with Gasteiger partial charge in [-0.3, -0.25) is 4.79 Å². The first-order valence-electron chi connectivity index (χ1n) is 6.27. The van der Waals surface area contributed by atoms with Gasteiger partial charge in [-0.15, -0.1) is 0 Å². The molecule has 0 heterocycles. The number of aryl methyl sites for hydroxylation is 1. The average Bonchev–Trinajstić information content (AvgIpc) is 2.41. The summed E-state index contributed by atoms with van der Waals surface area (Å²) in [7, 11) is 1.58. The quantitative estimate of drug-likeness (QED) is 0.919. The normalized spacial score (nSPS) is 10.2. The second-order valence-corrected chi connectivity index (χ2v) is 5.47. The average molecular weight is 334 g/mol. The molecule has 0 aliphatic carbocycles. The van der Waals surface area contributed by atoms with Crippen molar-refractivity contribution >= 4 is 27.5 Å². The van der Waals surface area contributed by atoms with Gasteiger partial charge < -0.3 is 10.1 Å². The first-order chi connectivity index (χ1) is 9.58. The van der Waals surface area contributed by atoms with Gasteiger partial charge in [-0.05, 0) is 30.7 Å². The maximum Gasteiger partial charge on any atom is 0.228 e. The lowest BCUT2D eigenvalue weighted by molar-refractivity contribution is -0.115. The zero-order valence-corrected chi connectivity index (χ0v) is 13.0. The molecule has 0 unspecified atom stereocenters. The number of methoxy groups -OCH3 is 1. The van der Waals surface area contributed by atoms with Crippen LogP contribution in [0.15, 0.2) is 46.9 Å². The number of anilines is 1. The van der Waals surface area contributed by atoms with Gasteiger partial charge in [-0.2, -0.15) is 0 Å². The van der Waals surface area contributed by atoms with Crippen LogP contribution in [0.25, 0.3) is 0 Å². The molecule has 0 spiro atoms. The van der Waals surface area contributed by atoms with E-state index in [1.54, 1.807) is 7.11 Å². The Morgan fingerprint density at radius 3 is 2.55 bits per heavy atom. The van der Waals surface area contributed by atoms with Crippen LogP contribution < -0.4 is 10.1 Å². The van der Waals surface area contributed by atoms with E-state index in [-0.39, 0.29) is 5.91 Å². The first kappa shape index (κ1) is 14.6. The Balaban J connectivity index is 2.08. The molecule has 1 N–H and O–H groups in total. The number of rotatable bonds is 4. The Kier molecular flexibility index (Phi) is 4.79. The standard InChI is InChI=1S/C16H16BrNO2/c1-11-3-5-12(6-4-11)9-16(19)18-14-10-13(17)7-8-15(14)20-2/h3-8,10H,9H2,1-2H3,(H,18,19). The molecule has 2 aromatic carbocycles. The number of hydrogen-bond acceptors (Lipinski definition) is 2. The lowest BCUT2D eigenvalue weighted by Gasteiger charge is -2.10. The molecule has 3 nitrogen and oxygen atoms in total. The largest absolute Gasteiger partial charge is 0.495 e. The van der Waals surface area contributed by atoms with E-state index in [1.807, 2.05) is 49.4 Å². The highest BCUT2D eigenvalue weighted by Gasteiger charge is 2.09. The van der Waals surface area contributed by atoms with Crippen molar-refractivity contribution in [2.24, 2.45) is 0 Å². The van der Waals surface area contributed by atoms with Crippen LogP contribution in [0, 0.1) is 6.92 Å². The SMILES string of the molecule is COc1ccc(Br)cc1NC(=O)Cc1ccc(C)cc1. The summed E-state index contributed by atoms with van der Waals surface area (Å²) in [5.41, 5.74) is 2.84. The predicted molar refractivity (Wildman–Crippen MR) is 84.2 cm³/mol. The van der Waals surface area contributed by atoms with Gasteiger partial charge in [0.2, 0.25) is 5.91 Å². The Morgan fingerprint density at radius 2 is 1.90 bits per heavy atom. The van der Waals surface area contributed by atoms with Gasteiger partial charge in [-0.1, -0.05) is 45.8 Å². The van der Waals surface area contributed by atoms with E-state index in [0.717, 1.165) is 10.0 Å². The molecule has 0 bridgehead atoms. The minimum Gasteiger partial charge on any atom is -0.495 e. The summed E-state index contributed by atoms with van der Waals surface area (Å²) in [6.07, 6.45) is 0.343. The summed E-state index contributed by atoms with van der Waals surface area (Å²) in [6, 6.07) is 13.4. The summed E-state index contributed by atoms with van der Waals surface area (Å²) < 4.78 is 6.12. The minimum absolute atomic E-state index is 0.0646. The molecule has 2 aromatic rings. The number of ether oxygens (including phenoxy) is 1. The zero-order valence-electron chi connectivity index (χ0n) is 11.4. The van der Waals surface area contributed by atoms with E-state index in [9.17, 15) is 4.79 Å². The fourth-order valence-electron chi connectivity index (χ4n) is 1.86. The van der Waals surface area contributed by atoms with Gasteiger partial charge in [0.05, 0.1) is 19.2 Å². The summed E-state index contributed by atoms with van der Waals surface area (Å²) in [5.74, 6) is 0.579. The highest BCUT2D eigenvalue weighted by molar-refractivity contribution is 9.10. The van der Waals surface area contributed by atoms with Gasteiger partial charge in [0.1, 0.15) is 5.75 Å². The van der Waals surface area contributed by atoms with Crippen LogP contribution in [-0.2, 0) is 11.2 Å². The number of benzene rings is 2. The Hall–Kier alpha value is -1.81. The van der Waals surface area contributed by atoms with E-state index >= 15 is 0 Å². The zero-order chi connectivity index (χ0) is 14.5. The van der Waals surface area contributed by atoms with Crippen molar-refractivity contribution in [1.29, 1.82) is 0 Å². The van der Waals surface area contributed by atoms with Crippen molar-refractivity contribution in [3.05, 3.63) is 58.1 Å². The Morgan fingerprint density at radius 1 is 1.20 bits per heavy atom. The molecule has 0 aliphatic rings. The summed E-state index contributed by atoms with van der Waals surface area (Å²) in [4.78, 5) is 12.1. The molecule has 0 radical (unpaired) electrons. The van der Waals surface area contributed by atoms with Crippen LogP contribution in [0.2, 0.25) is 0 Å². The van der Waals surface area contributed by atoms with Gasteiger partial charge in [-0.25, -0.2) is 0 Å². The maximum absolute atomic E-state index is 12.1. The number of amides is 1. The second kappa shape index (κ2) is 6.57. The minimum atomic E-state index is -0.0646. The van der Waals surface area contributed by atoms with Crippen LogP contribution in [0.1, 0.15) is 11.1 Å². The van der Waals surface area contributed by atoms with Crippen LogP contribution in [0.3, 0.4) is 0 Å². The third kappa shape index (κ3) is 3.84. The molecular weight excluding hydrogens is 318 g/mol. The Bertz CT molecular complexity index is 608. The van der Waals surface area contributed by atoms with Gasteiger partial charge in [0, 0.05) is 4.47 Å². The third-order valence-electron chi connectivity index (χ3n) is 2.92. The van der Waals surface area contributed by atoms with Crippen molar-refractivity contribution in [3.63, 3.8) is 0 Å². The van der Waals surface area contributed by atoms with Gasteiger partial charge >= 0.3 is 0 Å². The van der Waals surface area contributed by atoms with Crippen molar-refractivity contribution in [1.82, 2.24) is 0 Å². The number of carbonyl (C=O) groups is 1. The van der Waals surface area contributed by atoms with Crippen LogP contribution >= 0.6 is 15.9 Å². The smallest absolute Gasteiger partial charge is 0.228 e. The summed E-state index contributed by atoms with van der Waals surface area (Å²) in [5, 5.41) is 2.87. The van der Waals surface area contributed by atoms with Crippen molar-refractivity contribution in [2.75, 3.05) is 12.4 Å². The second-order valence-electron chi connectivity index (χ2n) is 4.56. The molecule has 1 amide bonds. The molecule has 0 fully saturated rings. The van der Waals surface area contributed by atoms with Crippen LogP contribution in [0.5, 0.6) is 5.75 Å². The molecular formula is C16H16BrNO2. The lowest BCUT2D eigenvalue weighted by atomic mass is 10.1. The Labute approximate surface area is 127 Å². The van der Waals surface area contributed by atoms with Crippen LogP contribution in [-0.4, -0.2) is 13.0 Å². The monoisotopic (exact) mass is 333 g/mol. The lowest BCUT2D eigenvalue weighted by Crippen LogP contribution is -2.15. The van der Waals surface area contributed by atoms with E-state index in [2.05, 4.69) is 21.2 Å². The van der Waals surface area contributed by atoms with Crippen molar-refractivity contribution < 1.29 is 9.53 Å². The van der Waals surface area contributed by atoms with E-state index in [4.69, 9.17) is 4.74 Å². The summed E-state index contributed by atoms with van der Waals surface area (Å²) >= 11 is 3.38. The van der Waals surface area contributed by atoms with Gasteiger partial charge in [0.15, 0.2) is 0 Å². The molecule has 0 atom stereocenters. The number of nitrogens with one attached hydrogen (secondary N) is 1. The molecule has 2 rings (SSSR count). The predicted octanol–water partition coefficient (Wildman–Crippen LogP) is 3.95. The van der Waals surface area contributed by atoms with Crippen molar-refractivity contribution in [2.45, 2.75) is 13.3 Å². The van der Waals surface area contributed by atoms with Gasteiger partial charge in [0.25, 0.3) is 0 Å². The van der Waals surface area contributed by atoms with Crippen LogP contribution in [0.4, 0.5) is 5.69 Å². The first-order valence-corrected chi connectivity index (χ1v) is 7.06. The highest BCUT2D eigenvalue weighted by atomic mass is 79.9. The molecule has 0 saturated carbocycles. The molecule has 0 aromatic heterocycles. The summed E-state index contributed by atoms with van der Waals surface area (Å²) in [6.45, 7) is 2.02. The highest BCUT2D eigenvalue weighted by Crippen LogP contribution is 2.27. The van der Waals surface area contributed by atoms with E-state index in [1.165, 1.54) is 5.56 Å². The number of halogens is 1. The maximum atomic E-state index is 12.1. The molecule has 20 heavy (non-hydrogen) atoms. The molecule has 0 aliphatic heterocycles. The molecule has 0 saturated heterocycles. The molecule has 104 valence electrons. The topological polar surface area (TPSA) is 38.3 Å². The third-order valence-corrected chi connectivity index (χ3v) is 3.41. The van der Waals surface area contributed by atoms with E-state index in [0.29, 0.717) is 17.9 Å². The fraction of sp³-hybridized carbons (Fsp3) is 0.188. The number of carbonyl (C=O) groups excluding carboxylic acids is 1. The molecule has 4 heteroatoms. The number of hydrogen-bond donors (Lipinski definition) is 1. The van der Waals surface area contributed by atoms with E-state index < -0.39 is 0 Å². The fourth-order valence-corrected chi connectivity index (χ4v) is 2.22.